The quantitative estimate of drug-likeness (QED) is 0.121. The van der Waals surface area contributed by atoms with Crippen molar-refractivity contribution in [3.05, 3.63) is 76.3 Å². The van der Waals surface area contributed by atoms with Crippen LogP contribution in [0.1, 0.15) is 92.0 Å². The molecule has 0 radical (unpaired) electrons. The number of hydrogen-bond acceptors (Lipinski definition) is 2. The van der Waals surface area contributed by atoms with Gasteiger partial charge >= 0.3 is 0 Å². The molecule has 3 aromatic carbocycles. The normalized spacial score (nSPS) is 14.0. The van der Waals surface area contributed by atoms with Gasteiger partial charge in [0.2, 0.25) is 0 Å². The van der Waals surface area contributed by atoms with Crippen LogP contribution in [0.15, 0.2) is 48.5 Å². The van der Waals surface area contributed by atoms with Crippen molar-refractivity contribution in [3.8, 4) is 28.0 Å². The lowest BCUT2D eigenvalue weighted by atomic mass is 9.70. The number of benzene rings is 3. The molecule has 1 N–H and O–H groups in total. The van der Waals surface area contributed by atoms with Gasteiger partial charge in [0.25, 0.3) is 0 Å². The second-order valence-corrected chi connectivity index (χ2v) is 15.9. The van der Waals surface area contributed by atoms with Crippen molar-refractivity contribution in [1.29, 1.82) is 0 Å². The predicted octanol–water partition coefficient (Wildman–Crippen LogP) is 9.05. The Labute approximate surface area is 275 Å². The van der Waals surface area contributed by atoms with E-state index >= 15 is 0 Å². The van der Waals surface area contributed by atoms with E-state index in [1.807, 2.05) is 0 Å². The number of nitrogens with zero attached hydrogens (tertiary/aromatic N) is 2. The van der Waals surface area contributed by atoms with Gasteiger partial charge in [-0.1, -0.05) is 61.6 Å². The maximum Gasteiger partial charge on any atom is 0.122 e. The molecule has 0 spiro atoms. The van der Waals surface area contributed by atoms with Crippen LogP contribution in [0.5, 0.6) is 5.75 Å². The fourth-order valence-corrected chi connectivity index (χ4v) is 7.54. The summed E-state index contributed by atoms with van der Waals surface area (Å²) in [5.41, 5.74) is 11.5. The zero-order valence-corrected chi connectivity index (χ0v) is 30.1. The van der Waals surface area contributed by atoms with Gasteiger partial charge in [-0.25, -0.2) is 0 Å². The van der Waals surface area contributed by atoms with Crippen LogP contribution < -0.4 is 4.74 Å². The van der Waals surface area contributed by atoms with Gasteiger partial charge in [0, 0.05) is 5.41 Å². The number of aliphatic hydroxyl groups is 1. The van der Waals surface area contributed by atoms with Crippen molar-refractivity contribution in [2.75, 3.05) is 62.5 Å². The first-order valence-electron chi connectivity index (χ1n) is 17.4. The summed E-state index contributed by atoms with van der Waals surface area (Å²) in [6.45, 7) is 6.79. The van der Waals surface area contributed by atoms with Gasteiger partial charge in [0.15, 0.2) is 0 Å². The molecule has 1 aliphatic rings. The molecule has 0 aliphatic heterocycles. The highest BCUT2D eigenvalue weighted by Crippen LogP contribution is 2.55. The van der Waals surface area contributed by atoms with Crippen LogP contribution in [0.3, 0.4) is 0 Å². The first kappa shape index (κ1) is 35.2. The SMILES string of the molecule is COc1cc(-c2ccc3c(c2)C(CCCCCC[N+](C)(C)C)(CCCCCC[N+](C)(C)C)c2cc(C)ccc2-3)c(CO)cc1C. The molecule has 246 valence electrons. The summed E-state index contributed by atoms with van der Waals surface area (Å²) < 4.78 is 7.82. The van der Waals surface area contributed by atoms with Gasteiger partial charge in [-0.05, 0) is 115 Å². The predicted molar refractivity (Wildman–Crippen MR) is 192 cm³/mol. The van der Waals surface area contributed by atoms with Crippen LogP contribution in [-0.2, 0) is 12.0 Å². The lowest BCUT2D eigenvalue weighted by Crippen LogP contribution is -2.35. The lowest BCUT2D eigenvalue weighted by molar-refractivity contribution is -0.870. The highest BCUT2D eigenvalue weighted by atomic mass is 16.5. The molecule has 0 bridgehead atoms. The molecule has 4 nitrogen and oxygen atoms in total. The number of fused-ring (bicyclic) bond motifs is 3. The molecule has 0 heterocycles. The van der Waals surface area contributed by atoms with Crippen LogP contribution in [0.25, 0.3) is 22.3 Å². The summed E-state index contributed by atoms with van der Waals surface area (Å²) in [6.07, 6.45) is 12.6. The Morgan fingerprint density at radius 2 is 1.16 bits per heavy atom. The third-order valence-electron chi connectivity index (χ3n) is 9.98. The fourth-order valence-electron chi connectivity index (χ4n) is 7.54. The third kappa shape index (κ3) is 8.78. The Balaban J connectivity index is 1.71. The van der Waals surface area contributed by atoms with E-state index in [1.165, 1.54) is 111 Å². The van der Waals surface area contributed by atoms with Crippen molar-refractivity contribution < 1.29 is 18.8 Å². The van der Waals surface area contributed by atoms with E-state index < -0.39 is 0 Å². The maximum atomic E-state index is 10.4. The summed E-state index contributed by atoms with van der Waals surface area (Å²) >= 11 is 0. The Morgan fingerprint density at radius 3 is 1.69 bits per heavy atom. The first-order chi connectivity index (χ1) is 21.3. The maximum absolute atomic E-state index is 10.4. The molecule has 1 aliphatic carbocycles. The van der Waals surface area contributed by atoms with Crippen LogP contribution in [0, 0.1) is 13.8 Å². The molecular formula is C41H62N2O2+2. The average molecular weight is 615 g/mol. The van der Waals surface area contributed by atoms with Gasteiger partial charge in [0.05, 0.1) is 69.1 Å². The van der Waals surface area contributed by atoms with E-state index in [1.54, 1.807) is 7.11 Å². The molecule has 0 atom stereocenters. The molecule has 0 saturated heterocycles. The molecule has 3 aromatic rings. The molecule has 0 saturated carbocycles. The van der Waals surface area contributed by atoms with E-state index in [0.717, 1.165) is 31.4 Å². The molecule has 4 heteroatoms. The highest BCUT2D eigenvalue weighted by Gasteiger charge is 2.42. The minimum absolute atomic E-state index is 0.0149. The van der Waals surface area contributed by atoms with Crippen LogP contribution >= 0.6 is 0 Å². The molecule has 4 rings (SSSR count). The molecular weight excluding hydrogens is 552 g/mol. The number of ether oxygens (including phenoxy) is 1. The topological polar surface area (TPSA) is 29.5 Å². The molecule has 45 heavy (non-hydrogen) atoms. The summed E-state index contributed by atoms with van der Waals surface area (Å²) in [6, 6.07) is 18.5. The number of methoxy groups -OCH3 is 1. The van der Waals surface area contributed by atoms with Gasteiger partial charge in [-0.15, -0.1) is 0 Å². The summed E-state index contributed by atoms with van der Waals surface area (Å²) in [4.78, 5) is 0. The fraction of sp³-hybridized carbons (Fsp3) is 0.561. The molecule has 0 amide bonds. The van der Waals surface area contributed by atoms with E-state index in [4.69, 9.17) is 4.74 Å². The Bertz CT molecular complexity index is 1400. The summed E-state index contributed by atoms with van der Waals surface area (Å²) in [7, 11) is 15.5. The molecule has 0 aromatic heterocycles. The average Bonchev–Trinajstić information content (AvgIpc) is 3.23. The minimum Gasteiger partial charge on any atom is -0.496 e. The van der Waals surface area contributed by atoms with Crippen molar-refractivity contribution in [1.82, 2.24) is 0 Å². The monoisotopic (exact) mass is 614 g/mol. The largest absolute Gasteiger partial charge is 0.496 e. The number of aryl methyl sites for hydroxylation is 2. The van der Waals surface area contributed by atoms with E-state index in [-0.39, 0.29) is 12.0 Å². The summed E-state index contributed by atoms with van der Waals surface area (Å²) in [5, 5.41) is 10.4. The lowest BCUT2D eigenvalue weighted by Gasteiger charge is -2.33. The zero-order valence-electron chi connectivity index (χ0n) is 30.1. The van der Waals surface area contributed by atoms with Gasteiger partial charge in [-0.3, -0.25) is 0 Å². The van der Waals surface area contributed by atoms with Crippen molar-refractivity contribution in [3.63, 3.8) is 0 Å². The van der Waals surface area contributed by atoms with Crippen molar-refractivity contribution in [2.24, 2.45) is 0 Å². The first-order valence-corrected chi connectivity index (χ1v) is 17.4. The molecule has 0 unspecified atom stereocenters. The van der Waals surface area contributed by atoms with Crippen molar-refractivity contribution in [2.45, 2.75) is 90.1 Å². The molecule has 0 fully saturated rings. The smallest absolute Gasteiger partial charge is 0.122 e. The Kier molecular flexibility index (Phi) is 11.6. The summed E-state index contributed by atoms with van der Waals surface area (Å²) in [5.74, 6) is 0.871. The van der Waals surface area contributed by atoms with Gasteiger partial charge < -0.3 is 18.8 Å². The highest BCUT2D eigenvalue weighted by molar-refractivity contribution is 5.85. The number of aliphatic hydroxyl groups excluding tert-OH is 1. The Hall–Kier alpha value is -2.66. The zero-order chi connectivity index (χ0) is 32.8. The second-order valence-electron chi connectivity index (χ2n) is 15.9. The van der Waals surface area contributed by atoms with E-state index in [9.17, 15) is 5.11 Å². The van der Waals surface area contributed by atoms with Crippen LogP contribution in [0.4, 0.5) is 0 Å². The minimum atomic E-state index is 0.0149. The van der Waals surface area contributed by atoms with Gasteiger partial charge in [-0.2, -0.15) is 0 Å². The number of unbranched alkanes of at least 4 members (excludes halogenated alkanes) is 6. The van der Waals surface area contributed by atoms with E-state index in [0.29, 0.717) is 0 Å². The number of quaternary nitrogens is 2. The number of rotatable bonds is 17. The second kappa shape index (κ2) is 14.8. The Morgan fingerprint density at radius 1 is 0.622 bits per heavy atom. The third-order valence-corrected chi connectivity index (χ3v) is 9.98. The standard InChI is InChI=1S/C41H62N2O2/c1-31-18-20-35-36-21-19-33(37-29-40(45-9)32(2)27-34(37)30-44)28-39(36)41(38(35)26-31,22-14-10-12-16-24-42(3,4)5)23-15-11-13-17-25-43(6,7)8/h18-21,26-29,44H,10-17,22-25,30H2,1-9H3/q+2. The number of hydrogen-bond donors (Lipinski definition) is 1. The van der Waals surface area contributed by atoms with Gasteiger partial charge in [0.1, 0.15) is 5.75 Å². The van der Waals surface area contributed by atoms with Crippen molar-refractivity contribution >= 4 is 0 Å². The van der Waals surface area contributed by atoms with E-state index in [2.05, 4.69) is 105 Å². The van der Waals surface area contributed by atoms with Crippen LogP contribution in [0.2, 0.25) is 0 Å². The van der Waals surface area contributed by atoms with Crippen LogP contribution in [-0.4, -0.2) is 76.6 Å².